The van der Waals surface area contributed by atoms with Crippen LogP contribution in [0.15, 0.2) is 83.8 Å². The molecule has 0 aliphatic rings. The Morgan fingerprint density at radius 3 is 1.91 bits per heavy atom. The number of hydrogen-bond acceptors (Lipinski definition) is 3. The molecule has 1 aromatic heterocycles. The Balaban J connectivity index is 1.92. The highest BCUT2D eigenvalue weighted by Crippen LogP contribution is 2.37. The van der Waals surface area contributed by atoms with Gasteiger partial charge in [0.1, 0.15) is 5.01 Å². The predicted molar refractivity (Wildman–Crippen MR) is 101 cm³/mol. The first-order valence-electron chi connectivity index (χ1n) is 7.51. The summed E-state index contributed by atoms with van der Waals surface area (Å²) in [5, 5.41) is 1.11. The molecule has 3 aromatic carbocycles. The van der Waals surface area contributed by atoms with E-state index in [1.807, 2.05) is 12.1 Å². The van der Waals surface area contributed by atoms with Gasteiger partial charge in [0.2, 0.25) is 0 Å². The van der Waals surface area contributed by atoms with Crippen molar-refractivity contribution in [1.82, 2.24) is 4.98 Å². The zero-order valence-corrected chi connectivity index (χ0v) is 14.1. The number of rotatable bonds is 3. The zero-order chi connectivity index (χ0) is 15.6. The summed E-state index contributed by atoms with van der Waals surface area (Å²) < 4.78 is 1.18. The van der Waals surface area contributed by atoms with Crippen LogP contribution in [0, 0.1) is 0 Å². The Kier molecular flexibility index (Phi) is 3.90. The molecule has 112 valence electrons. The van der Waals surface area contributed by atoms with Crippen LogP contribution in [0.1, 0.15) is 22.1 Å². The molecule has 4 aromatic rings. The third-order valence-corrected chi connectivity index (χ3v) is 5.37. The molecule has 0 N–H and O–H groups in total. The molecule has 1 heterocycles. The van der Waals surface area contributed by atoms with Crippen LogP contribution in [0.2, 0.25) is 0 Å². The van der Waals surface area contributed by atoms with Crippen LogP contribution in [0.3, 0.4) is 0 Å². The van der Waals surface area contributed by atoms with Crippen LogP contribution in [-0.2, 0) is 0 Å². The van der Waals surface area contributed by atoms with E-state index in [2.05, 4.69) is 79.4 Å². The standard InChI is InChI=1S/C20H15NS2/c22-16-12-7-13-17-19(16)21-20(23-17)18(14-8-3-1-4-9-14)15-10-5-2-6-11-15/h1-13,18,22H. The third kappa shape index (κ3) is 2.78. The maximum atomic E-state index is 4.91. The van der Waals surface area contributed by atoms with E-state index >= 15 is 0 Å². The Bertz CT molecular complexity index is 890. The second-order valence-electron chi connectivity index (χ2n) is 5.43. The number of hydrogen-bond donors (Lipinski definition) is 1. The first kappa shape index (κ1) is 14.5. The van der Waals surface area contributed by atoms with Crippen LogP contribution in [0.25, 0.3) is 10.2 Å². The summed E-state index contributed by atoms with van der Waals surface area (Å²) in [7, 11) is 0. The van der Waals surface area contributed by atoms with E-state index in [0.29, 0.717) is 0 Å². The summed E-state index contributed by atoms with van der Waals surface area (Å²) in [6.07, 6.45) is 0. The second kappa shape index (κ2) is 6.19. The second-order valence-corrected chi connectivity index (χ2v) is 6.97. The molecule has 0 saturated carbocycles. The monoisotopic (exact) mass is 333 g/mol. The van der Waals surface area contributed by atoms with Crippen molar-refractivity contribution in [2.24, 2.45) is 0 Å². The third-order valence-electron chi connectivity index (χ3n) is 3.93. The number of aromatic nitrogens is 1. The van der Waals surface area contributed by atoms with Gasteiger partial charge in [0, 0.05) is 4.90 Å². The summed E-state index contributed by atoms with van der Waals surface area (Å²) >= 11 is 6.30. The molecule has 0 bridgehead atoms. The number of benzene rings is 3. The number of thiazole rings is 1. The molecule has 3 heteroatoms. The van der Waals surface area contributed by atoms with Gasteiger partial charge in [-0.1, -0.05) is 66.7 Å². The van der Waals surface area contributed by atoms with Gasteiger partial charge < -0.3 is 0 Å². The highest BCUT2D eigenvalue weighted by atomic mass is 32.1. The van der Waals surface area contributed by atoms with Gasteiger partial charge in [-0.15, -0.1) is 24.0 Å². The van der Waals surface area contributed by atoms with Gasteiger partial charge in [-0.3, -0.25) is 0 Å². The van der Waals surface area contributed by atoms with Gasteiger partial charge in [0.15, 0.2) is 0 Å². The van der Waals surface area contributed by atoms with Crippen LogP contribution >= 0.6 is 24.0 Å². The topological polar surface area (TPSA) is 12.9 Å². The molecule has 0 aliphatic carbocycles. The lowest BCUT2D eigenvalue weighted by atomic mass is 9.92. The molecule has 4 rings (SSSR count). The van der Waals surface area contributed by atoms with E-state index in [4.69, 9.17) is 4.98 Å². The molecule has 0 fully saturated rings. The van der Waals surface area contributed by atoms with Crippen molar-refractivity contribution in [2.45, 2.75) is 10.8 Å². The minimum Gasteiger partial charge on any atom is -0.239 e. The average molecular weight is 333 g/mol. The van der Waals surface area contributed by atoms with Crippen LogP contribution in [0.4, 0.5) is 0 Å². The SMILES string of the molecule is Sc1cccc2sc(C(c3ccccc3)c3ccccc3)nc12. The van der Waals surface area contributed by atoms with Crippen molar-refractivity contribution in [3.05, 3.63) is 95.0 Å². The Labute approximate surface area is 145 Å². The molecule has 0 atom stereocenters. The molecule has 1 nitrogen and oxygen atoms in total. The van der Waals surface area contributed by atoms with Gasteiger partial charge in [0.05, 0.1) is 16.1 Å². The van der Waals surface area contributed by atoms with Crippen molar-refractivity contribution in [3.8, 4) is 0 Å². The average Bonchev–Trinajstić information content (AvgIpc) is 3.02. The van der Waals surface area contributed by atoms with Crippen LogP contribution < -0.4 is 0 Å². The predicted octanol–water partition coefficient (Wildman–Crippen LogP) is 5.77. The van der Waals surface area contributed by atoms with E-state index < -0.39 is 0 Å². The van der Waals surface area contributed by atoms with Gasteiger partial charge in [-0.25, -0.2) is 4.98 Å². The fraction of sp³-hybridized carbons (Fsp3) is 0.0500. The molecular weight excluding hydrogens is 318 g/mol. The van der Waals surface area contributed by atoms with Crippen molar-refractivity contribution in [2.75, 3.05) is 0 Å². The number of thiol groups is 1. The van der Waals surface area contributed by atoms with Gasteiger partial charge in [-0.05, 0) is 23.3 Å². The van der Waals surface area contributed by atoms with E-state index in [1.54, 1.807) is 11.3 Å². The molecule has 0 amide bonds. The Hall–Kier alpha value is -2.10. The number of para-hydroxylation sites is 1. The highest BCUT2D eigenvalue weighted by molar-refractivity contribution is 7.80. The lowest BCUT2D eigenvalue weighted by Gasteiger charge is -2.15. The fourth-order valence-corrected chi connectivity index (χ4v) is 4.33. The summed E-state index contributed by atoms with van der Waals surface area (Å²) in [6.45, 7) is 0. The van der Waals surface area contributed by atoms with Crippen molar-refractivity contribution >= 4 is 34.2 Å². The zero-order valence-electron chi connectivity index (χ0n) is 12.4. The summed E-state index contributed by atoms with van der Waals surface area (Å²) in [5.74, 6) is 0.155. The number of fused-ring (bicyclic) bond motifs is 1. The van der Waals surface area contributed by atoms with E-state index in [-0.39, 0.29) is 5.92 Å². The molecule has 0 saturated heterocycles. The minimum atomic E-state index is 0.155. The van der Waals surface area contributed by atoms with Gasteiger partial charge >= 0.3 is 0 Å². The van der Waals surface area contributed by atoms with Gasteiger partial charge in [0.25, 0.3) is 0 Å². The lowest BCUT2D eigenvalue weighted by Crippen LogP contribution is -2.02. The van der Waals surface area contributed by atoms with Crippen molar-refractivity contribution < 1.29 is 0 Å². The highest BCUT2D eigenvalue weighted by Gasteiger charge is 2.20. The van der Waals surface area contributed by atoms with Crippen LogP contribution in [0.5, 0.6) is 0 Å². The largest absolute Gasteiger partial charge is 0.239 e. The van der Waals surface area contributed by atoms with Crippen molar-refractivity contribution in [1.29, 1.82) is 0 Å². The first-order chi connectivity index (χ1) is 11.3. The van der Waals surface area contributed by atoms with Crippen molar-refractivity contribution in [3.63, 3.8) is 0 Å². The van der Waals surface area contributed by atoms with E-state index in [9.17, 15) is 0 Å². The van der Waals surface area contributed by atoms with Gasteiger partial charge in [-0.2, -0.15) is 0 Å². The van der Waals surface area contributed by atoms with Crippen LogP contribution in [-0.4, -0.2) is 4.98 Å². The normalized spacial score (nSPS) is 11.2. The summed E-state index contributed by atoms with van der Waals surface area (Å²) in [5.41, 5.74) is 3.52. The summed E-state index contributed by atoms with van der Waals surface area (Å²) in [4.78, 5) is 5.84. The Morgan fingerprint density at radius 2 is 1.35 bits per heavy atom. The van der Waals surface area contributed by atoms with E-state index in [1.165, 1.54) is 15.8 Å². The fourth-order valence-electron chi connectivity index (χ4n) is 2.84. The molecule has 0 spiro atoms. The molecule has 0 radical (unpaired) electrons. The Morgan fingerprint density at radius 1 is 0.739 bits per heavy atom. The number of nitrogens with zero attached hydrogens (tertiary/aromatic N) is 1. The first-order valence-corrected chi connectivity index (χ1v) is 8.77. The quantitative estimate of drug-likeness (QED) is 0.470. The molecule has 0 unspecified atom stereocenters. The molecular formula is C20H15NS2. The minimum absolute atomic E-state index is 0.155. The summed E-state index contributed by atoms with van der Waals surface area (Å²) in [6, 6.07) is 27.3. The lowest BCUT2D eigenvalue weighted by molar-refractivity contribution is 0.961. The van der Waals surface area contributed by atoms with E-state index in [0.717, 1.165) is 15.4 Å². The maximum absolute atomic E-state index is 4.91. The maximum Gasteiger partial charge on any atom is 0.106 e. The smallest absolute Gasteiger partial charge is 0.106 e. The molecule has 0 aliphatic heterocycles. The molecule has 23 heavy (non-hydrogen) atoms.